The van der Waals surface area contributed by atoms with Crippen LogP contribution >= 0.6 is 11.6 Å². The number of ether oxygens (including phenoxy) is 1. The van der Waals surface area contributed by atoms with E-state index in [-0.39, 0.29) is 11.8 Å². The Kier molecular flexibility index (Phi) is 9.08. The molecule has 1 N–H and O–H groups in total. The van der Waals surface area contributed by atoms with Crippen molar-refractivity contribution in [3.8, 4) is 0 Å². The molecule has 0 aromatic heterocycles. The van der Waals surface area contributed by atoms with Crippen LogP contribution in [0.5, 0.6) is 0 Å². The fourth-order valence-corrected chi connectivity index (χ4v) is 3.45. The summed E-state index contributed by atoms with van der Waals surface area (Å²) in [7, 11) is 0. The quantitative estimate of drug-likeness (QED) is 0.192. The first kappa shape index (κ1) is 19.8. The fraction of sp³-hybridized carbons (Fsp3) is 0.632. The summed E-state index contributed by atoms with van der Waals surface area (Å²) < 4.78 is 5.84. The summed E-state index contributed by atoms with van der Waals surface area (Å²) in [5.74, 6) is 1.09. The molecule has 1 rings (SSSR count). The van der Waals surface area contributed by atoms with Crippen molar-refractivity contribution in [2.45, 2.75) is 57.7 Å². The molecular weight excluding hydrogens is 312 g/mol. The van der Waals surface area contributed by atoms with Crippen molar-refractivity contribution < 1.29 is 14.6 Å². The summed E-state index contributed by atoms with van der Waals surface area (Å²) in [5, 5.41) is 8.81. The maximum Gasteiger partial charge on any atom is 0.303 e. The maximum absolute atomic E-state index is 10.5. The van der Waals surface area contributed by atoms with Gasteiger partial charge in [-0.2, -0.15) is 0 Å². The number of unbranched alkanes of at least 4 members (excludes halogenated alkanes) is 1. The van der Waals surface area contributed by atoms with Gasteiger partial charge in [-0.3, -0.25) is 4.79 Å². The zero-order valence-electron chi connectivity index (χ0n) is 14.3. The Morgan fingerprint density at radius 3 is 2.74 bits per heavy atom. The van der Waals surface area contributed by atoms with Crippen LogP contribution in [0.2, 0.25) is 0 Å². The molecule has 23 heavy (non-hydrogen) atoms. The summed E-state index contributed by atoms with van der Waals surface area (Å²) >= 11 is 6.46. The third-order valence-electron chi connectivity index (χ3n) is 4.19. The molecule has 130 valence electrons. The molecule has 0 spiro atoms. The molecule has 2 unspecified atom stereocenters. The van der Waals surface area contributed by atoms with E-state index in [1.54, 1.807) is 0 Å². The van der Waals surface area contributed by atoms with Crippen LogP contribution < -0.4 is 0 Å². The largest absolute Gasteiger partial charge is 0.498 e. The van der Waals surface area contributed by atoms with E-state index in [1.807, 2.05) is 19.9 Å². The molecule has 0 bridgehead atoms. The third-order valence-corrected chi connectivity index (χ3v) is 4.74. The molecule has 0 aromatic carbocycles. The highest BCUT2D eigenvalue weighted by atomic mass is 35.5. The second-order valence-corrected chi connectivity index (χ2v) is 6.98. The van der Waals surface area contributed by atoms with Gasteiger partial charge in [0, 0.05) is 11.8 Å². The number of hydrogen-bond acceptors (Lipinski definition) is 2. The second-order valence-electron chi connectivity index (χ2n) is 6.42. The summed E-state index contributed by atoms with van der Waals surface area (Å²) in [5.41, 5.74) is 0.991. The van der Waals surface area contributed by atoms with Crippen molar-refractivity contribution in [3.05, 3.63) is 36.1 Å². The highest BCUT2D eigenvalue weighted by Crippen LogP contribution is 2.38. The number of alkyl halides is 1. The van der Waals surface area contributed by atoms with Gasteiger partial charge >= 0.3 is 5.97 Å². The lowest BCUT2D eigenvalue weighted by atomic mass is 9.93. The summed E-state index contributed by atoms with van der Waals surface area (Å²) in [6.45, 7) is 8.47. The van der Waals surface area contributed by atoms with E-state index in [9.17, 15) is 4.79 Å². The minimum absolute atomic E-state index is 0.206. The smallest absolute Gasteiger partial charge is 0.303 e. The highest BCUT2D eigenvalue weighted by Gasteiger charge is 2.34. The van der Waals surface area contributed by atoms with Crippen molar-refractivity contribution in [2.24, 2.45) is 11.8 Å². The number of aliphatic carboxylic acids is 1. The molecule has 0 amide bonds. The maximum atomic E-state index is 10.5. The fourth-order valence-electron chi connectivity index (χ4n) is 3.01. The predicted octanol–water partition coefficient (Wildman–Crippen LogP) is 5.32. The van der Waals surface area contributed by atoms with Crippen molar-refractivity contribution in [2.75, 3.05) is 6.61 Å². The molecule has 1 fully saturated rings. The van der Waals surface area contributed by atoms with E-state index >= 15 is 0 Å². The molecule has 4 heteroatoms. The van der Waals surface area contributed by atoms with Crippen molar-refractivity contribution >= 4 is 17.6 Å². The first-order chi connectivity index (χ1) is 10.9. The number of halogens is 1. The summed E-state index contributed by atoms with van der Waals surface area (Å²) in [6.07, 6.45) is 11.0. The Labute approximate surface area is 145 Å². The van der Waals surface area contributed by atoms with Gasteiger partial charge in [0.2, 0.25) is 0 Å². The van der Waals surface area contributed by atoms with Crippen molar-refractivity contribution in [3.63, 3.8) is 0 Å². The zero-order chi connectivity index (χ0) is 17.2. The van der Waals surface area contributed by atoms with Crippen LogP contribution in [0.15, 0.2) is 36.1 Å². The van der Waals surface area contributed by atoms with Gasteiger partial charge in [-0.05, 0) is 63.9 Å². The molecule has 1 saturated carbocycles. The molecule has 3 atom stereocenters. The van der Waals surface area contributed by atoms with E-state index < -0.39 is 5.97 Å². The topological polar surface area (TPSA) is 46.5 Å². The van der Waals surface area contributed by atoms with E-state index in [2.05, 4.69) is 18.7 Å². The van der Waals surface area contributed by atoms with Gasteiger partial charge in [-0.1, -0.05) is 24.3 Å². The Morgan fingerprint density at radius 2 is 2.09 bits per heavy atom. The lowest BCUT2D eigenvalue weighted by molar-refractivity contribution is -0.137. The van der Waals surface area contributed by atoms with Gasteiger partial charge in [-0.15, -0.1) is 11.6 Å². The molecule has 1 aliphatic rings. The first-order valence-corrected chi connectivity index (χ1v) is 8.81. The number of carboxylic acid groups (broad SMARTS) is 1. The van der Waals surface area contributed by atoms with E-state index in [1.165, 1.54) is 0 Å². The molecular formula is C19H29ClO3. The Balaban J connectivity index is 2.37. The summed E-state index contributed by atoms with van der Waals surface area (Å²) in [4.78, 5) is 10.5. The standard InChI is InChI=1S/C19H29ClO3/c1-14(2)12-15(3)23-13-16-10-11-18(20)17(16)8-6-4-5-7-9-19(21)22/h4,6,12,16-18H,1,5,7-11,13H2,2-3H3,(H,21,22)/b6-4-,15-12+/t16?,17-,18?/m1/s1. The predicted molar refractivity (Wildman–Crippen MR) is 95.6 cm³/mol. The van der Waals surface area contributed by atoms with E-state index in [4.69, 9.17) is 21.4 Å². The van der Waals surface area contributed by atoms with Crippen LogP contribution in [0.4, 0.5) is 0 Å². The molecule has 0 heterocycles. The Morgan fingerprint density at radius 1 is 1.35 bits per heavy atom. The van der Waals surface area contributed by atoms with Crippen LogP contribution in [-0.2, 0) is 9.53 Å². The van der Waals surface area contributed by atoms with E-state index in [0.29, 0.717) is 24.9 Å². The Hall–Kier alpha value is -1.22. The van der Waals surface area contributed by atoms with Crippen LogP contribution in [0.1, 0.15) is 52.4 Å². The van der Waals surface area contributed by atoms with Crippen LogP contribution in [-0.4, -0.2) is 23.1 Å². The normalized spacial score (nSPS) is 25.0. The summed E-state index contributed by atoms with van der Waals surface area (Å²) in [6, 6.07) is 0. The van der Waals surface area contributed by atoms with E-state index in [0.717, 1.165) is 37.0 Å². The minimum atomic E-state index is -0.731. The van der Waals surface area contributed by atoms with Gasteiger partial charge in [0.05, 0.1) is 12.4 Å². The lowest BCUT2D eigenvalue weighted by Gasteiger charge is -2.21. The van der Waals surface area contributed by atoms with Crippen LogP contribution in [0, 0.1) is 11.8 Å². The number of carboxylic acids is 1. The molecule has 0 aliphatic heterocycles. The molecule has 0 aromatic rings. The number of allylic oxidation sites excluding steroid dienone is 5. The first-order valence-electron chi connectivity index (χ1n) is 8.37. The third kappa shape index (κ3) is 8.26. The van der Waals surface area contributed by atoms with Crippen LogP contribution in [0.3, 0.4) is 0 Å². The van der Waals surface area contributed by atoms with Gasteiger partial charge in [0.25, 0.3) is 0 Å². The Bertz CT molecular complexity index is 454. The molecule has 1 aliphatic carbocycles. The van der Waals surface area contributed by atoms with Crippen LogP contribution in [0.25, 0.3) is 0 Å². The molecule has 0 saturated heterocycles. The SMILES string of the molecule is C=C(C)/C=C(\C)OCC1CCC(Cl)[C@@H]1C/C=C\CCCC(=O)O. The lowest BCUT2D eigenvalue weighted by Crippen LogP contribution is -2.19. The number of carbonyl (C=O) groups is 1. The van der Waals surface area contributed by atoms with Gasteiger partial charge in [-0.25, -0.2) is 0 Å². The van der Waals surface area contributed by atoms with Crippen molar-refractivity contribution in [1.82, 2.24) is 0 Å². The highest BCUT2D eigenvalue weighted by molar-refractivity contribution is 6.21. The number of hydrogen-bond donors (Lipinski definition) is 1. The van der Waals surface area contributed by atoms with Gasteiger partial charge in [0.1, 0.15) is 0 Å². The van der Waals surface area contributed by atoms with Gasteiger partial charge in [0.15, 0.2) is 0 Å². The average Bonchev–Trinajstić information content (AvgIpc) is 2.80. The van der Waals surface area contributed by atoms with Gasteiger partial charge < -0.3 is 9.84 Å². The minimum Gasteiger partial charge on any atom is -0.498 e. The molecule has 0 radical (unpaired) electrons. The molecule has 3 nitrogen and oxygen atoms in total. The van der Waals surface area contributed by atoms with Crippen molar-refractivity contribution in [1.29, 1.82) is 0 Å². The zero-order valence-corrected chi connectivity index (χ0v) is 15.0. The number of rotatable bonds is 10. The second kappa shape index (κ2) is 10.5. The monoisotopic (exact) mass is 340 g/mol. The average molecular weight is 341 g/mol.